The van der Waals surface area contributed by atoms with E-state index >= 15 is 0 Å². The van der Waals surface area contributed by atoms with Crippen molar-refractivity contribution in [1.29, 1.82) is 0 Å². The van der Waals surface area contributed by atoms with Gasteiger partial charge in [-0.05, 0) is 49.8 Å². The van der Waals surface area contributed by atoms with E-state index in [1.807, 2.05) is 0 Å². The minimum Gasteiger partial charge on any atom is -0.330 e. The molecule has 0 aliphatic carbocycles. The van der Waals surface area contributed by atoms with Crippen molar-refractivity contribution in [3.63, 3.8) is 0 Å². The van der Waals surface area contributed by atoms with Gasteiger partial charge in [-0.1, -0.05) is 12.1 Å². The van der Waals surface area contributed by atoms with Gasteiger partial charge in [-0.3, -0.25) is 4.90 Å². The fourth-order valence-corrected chi connectivity index (χ4v) is 2.98. The Morgan fingerprint density at radius 2 is 2.00 bits per heavy atom. The number of nitrogens with zero attached hydrogens (tertiary/aromatic N) is 1. The monoisotopic (exact) mass is 286 g/mol. The normalized spacial score (nSPS) is 23.9. The number of halogens is 1. The maximum Gasteiger partial charge on any atom is 0.0236 e. The third kappa shape index (κ3) is 3.89. The lowest BCUT2D eigenvalue weighted by atomic mass is 10.1. The van der Waals surface area contributed by atoms with Crippen molar-refractivity contribution in [3.8, 4) is 0 Å². The molecule has 18 heavy (non-hydrogen) atoms. The van der Waals surface area contributed by atoms with E-state index in [-0.39, 0.29) is 12.4 Å². The summed E-state index contributed by atoms with van der Waals surface area (Å²) < 4.78 is 0. The van der Waals surface area contributed by atoms with Crippen LogP contribution in [-0.2, 0) is 6.54 Å². The van der Waals surface area contributed by atoms with Crippen LogP contribution in [0.3, 0.4) is 0 Å². The molecule has 1 aromatic carbocycles. The Bertz CT molecular complexity index is 355. The highest BCUT2D eigenvalue weighted by Crippen LogP contribution is 2.24. The van der Waals surface area contributed by atoms with Gasteiger partial charge >= 0.3 is 0 Å². The molecule has 1 saturated heterocycles. The van der Waals surface area contributed by atoms with Gasteiger partial charge in [0, 0.05) is 24.0 Å². The summed E-state index contributed by atoms with van der Waals surface area (Å²) in [6, 6.07) is 9.58. The van der Waals surface area contributed by atoms with Crippen molar-refractivity contribution in [1.82, 2.24) is 4.90 Å². The molecule has 1 aliphatic rings. The molecule has 0 saturated carbocycles. The zero-order valence-corrected chi connectivity index (χ0v) is 12.8. The predicted molar refractivity (Wildman–Crippen MR) is 82.5 cm³/mol. The largest absolute Gasteiger partial charge is 0.330 e. The maximum atomic E-state index is 5.76. The maximum absolute atomic E-state index is 5.76. The number of nitrogens with two attached hydrogens (primary N) is 1. The molecule has 1 fully saturated rings. The number of rotatable bonds is 4. The summed E-state index contributed by atoms with van der Waals surface area (Å²) in [5, 5.41) is 0. The van der Waals surface area contributed by atoms with Crippen LogP contribution < -0.4 is 5.73 Å². The standard InChI is InChI=1S/C14H22N2S.ClH/c1-11-7-13(8-15)10-16(11)9-12-3-5-14(17-2)6-4-12;/h3-6,11,13H,7-10,15H2,1-2H3;1H. The van der Waals surface area contributed by atoms with Crippen LogP contribution in [0.4, 0.5) is 0 Å². The molecule has 2 rings (SSSR count). The van der Waals surface area contributed by atoms with Gasteiger partial charge in [0.15, 0.2) is 0 Å². The number of benzene rings is 1. The Morgan fingerprint density at radius 1 is 1.33 bits per heavy atom. The Kier molecular flexibility index (Phi) is 6.50. The molecule has 2 N–H and O–H groups in total. The Balaban J connectivity index is 0.00000162. The average molecular weight is 287 g/mol. The number of hydrogen-bond acceptors (Lipinski definition) is 3. The SMILES string of the molecule is CSc1ccc(CN2CC(CN)CC2C)cc1.Cl. The highest BCUT2D eigenvalue weighted by molar-refractivity contribution is 7.98. The van der Waals surface area contributed by atoms with Crippen molar-refractivity contribution in [2.45, 2.75) is 30.8 Å². The topological polar surface area (TPSA) is 29.3 Å². The number of hydrogen-bond donors (Lipinski definition) is 1. The van der Waals surface area contributed by atoms with Crippen LogP contribution in [0.1, 0.15) is 18.9 Å². The van der Waals surface area contributed by atoms with Crippen molar-refractivity contribution in [2.75, 3.05) is 19.3 Å². The molecule has 1 aromatic rings. The van der Waals surface area contributed by atoms with E-state index in [0.29, 0.717) is 12.0 Å². The van der Waals surface area contributed by atoms with Crippen LogP contribution in [0.5, 0.6) is 0 Å². The first-order valence-electron chi connectivity index (χ1n) is 6.30. The third-order valence-corrected chi connectivity index (χ3v) is 4.41. The Morgan fingerprint density at radius 3 is 2.50 bits per heavy atom. The second-order valence-electron chi connectivity index (χ2n) is 4.96. The van der Waals surface area contributed by atoms with Crippen molar-refractivity contribution in [2.24, 2.45) is 11.7 Å². The van der Waals surface area contributed by atoms with E-state index in [1.165, 1.54) is 16.9 Å². The highest BCUT2D eigenvalue weighted by atomic mass is 35.5. The molecule has 4 heteroatoms. The van der Waals surface area contributed by atoms with E-state index < -0.39 is 0 Å². The molecule has 102 valence electrons. The van der Waals surface area contributed by atoms with Crippen LogP contribution >= 0.6 is 24.2 Å². The molecule has 0 bridgehead atoms. The van der Waals surface area contributed by atoms with Crippen molar-refractivity contribution in [3.05, 3.63) is 29.8 Å². The molecule has 1 aliphatic heterocycles. The van der Waals surface area contributed by atoms with Crippen molar-refractivity contribution < 1.29 is 0 Å². The van der Waals surface area contributed by atoms with Gasteiger partial charge in [0.1, 0.15) is 0 Å². The lowest BCUT2D eigenvalue weighted by molar-refractivity contribution is 0.256. The van der Waals surface area contributed by atoms with Gasteiger partial charge in [-0.2, -0.15) is 0 Å². The number of thioether (sulfide) groups is 1. The summed E-state index contributed by atoms with van der Waals surface area (Å²) >= 11 is 1.79. The molecule has 0 amide bonds. The van der Waals surface area contributed by atoms with Gasteiger partial charge in [-0.15, -0.1) is 24.2 Å². The van der Waals surface area contributed by atoms with Crippen LogP contribution in [0, 0.1) is 5.92 Å². The van der Waals surface area contributed by atoms with Gasteiger partial charge in [0.25, 0.3) is 0 Å². The second-order valence-corrected chi connectivity index (χ2v) is 5.84. The smallest absolute Gasteiger partial charge is 0.0236 e. The molecule has 0 radical (unpaired) electrons. The zero-order valence-electron chi connectivity index (χ0n) is 11.1. The Hall–Kier alpha value is -0.220. The first kappa shape index (κ1) is 15.8. The average Bonchev–Trinajstić information content (AvgIpc) is 2.71. The summed E-state index contributed by atoms with van der Waals surface area (Å²) in [4.78, 5) is 3.88. The fourth-order valence-electron chi connectivity index (χ4n) is 2.57. The minimum absolute atomic E-state index is 0. The summed E-state index contributed by atoms with van der Waals surface area (Å²) in [5.41, 5.74) is 7.17. The van der Waals surface area contributed by atoms with E-state index in [4.69, 9.17) is 5.73 Å². The summed E-state index contributed by atoms with van der Waals surface area (Å²) in [7, 11) is 0. The molecule has 2 atom stereocenters. The van der Waals surface area contributed by atoms with Gasteiger partial charge in [0.05, 0.1) is 0 Å². The predicted octanol–water partition coefficient (Wildman–Crippen LogP) is 3.00. The first-order valence-corrected chi connectivity index (χ1v) is 7.52. The van der Waals surface area contributed by atoms with Crippen LogP contribution in [0.2, 0.25) is 0 Å². The van der Waals surface area contributed by atoms with Gasteiger partial charge in [-0.25, -0.2) is 0 Å². The number of likely N-dealkylation sites (tertiary alicyclic amines) is 1. The van der Waals surface area contributed by atoms with Crippen LogP contribution in [-0.4, -0.2) is 30.3 Å². The molecular weight excluding hydrogens is 264 g/mol. The molecule has 0 spiro atoms. The molecule has 2 nitrogen and oxygen atoms in total. The van der Waals surface area contributed by atoms with E-state index in [0.717, 1.165) is 19.6 Å². The van der Waals surface area contributed by atoms with Crippen LogP contribution in [0.25, 0.3) is 0 Å². The van der Waals surface area contributed by atoms with Crippen LogP contribution in [0.15, 0.2) is 29.2 Å². The fraction of sp³-hybridized carbons (Fsp3) is 0.571. The lowest BCUT2D eigenvalue weighted by Crippen LogP contribution is -2.27. The lowest BCUT2D eigenvalue weighted by Gasteiger charge is -2.21. The summed E-state index contributed by atoms with van der Waals surface area (Å²) in [6.07, 6.45) is 3.36. The molecular formula is C14H23ClN2S. The van der Waals surface area contributed by atoms with Gasteiger partial charge < -0.3 is 5.73 Å². The summed E-state index contributed by atoms with van der Waals surface area (Å²) in [5.74, 6) is 0.690. The first-order chi connectivity index (χ1) is 8.22. The molecule has 0 aromatic heterocycles. The summed E-state index contributed by atoms with van der Waals surface area (Å²) in [6.45, 7) is 5.35. The molecule has 2 unspecified atom stereocenters. The zero-order chi connectivity index (χ0) is 12.3. The van der Waals surface area contributed by atoms with Gasteiger partial charge in [0.2, 0.25) is 0 Å². The highest BCUT2D eigenvalue weighted by Gasteiger charge is 2.27. The quantitative estimate of drug-likeness (QED) is 0.863. The molecule has 1 heterocycles. The Labute approximate surface area is 121 Å². The van der Waals surface area contributed by atoms with E-state index in [2.05, 4.69) is 42.3 Å². The van der Waals surface area contributed by atoms with Crippen molar-refractivity contribution >= 4 is 24.2 Å². The second kappa shape index (κ2) is 7.39. The van der Waals surface area contributed by atoms with E-state index in [1.54, 1.807) is 11.8 Å². The third-order valence-electron chi connectivity index (χ3n) is 3.67. The van der Waals surface area contributed by atoms with E-state index in [9.17, 15) is 0 Å². The minimum atomic E-state index is 0.